The Kier molecular flexibility index (Phi) is 6.73. The van der Waals surface area contributed by atoms with Gasteiger partial charge >= 0.3 is 5.97 Å². The van der Waals surface area contributed by atoms with Crippen LogP contribution >= 0.6 is 23.2 Å². The molecular weight excluding hydrogens is 474 g/mol. The SMILES string of the molecule is O=C(O)CN1CCCN(C(=O)c2cc(Cc3c[nH]c(=O)c4cc(Cl)c(Cl)n34)ccc2F)CC1. The lowest BCUT2D eigenvalue weighted by Gasteiger charge is -2.22. The number of nitrogens with one attached hydrogen (secondary N) is 1. The topological polar surface area (TPSA) is 98.1 Å². The van der Waals surface area contributed by atoms with Gasteiger partial charge in [0.2, 0.25) is 0 Å². The molecule has 2 aromatic heterocycles. The fourth-order valence-corrected chi connectivity index (χ4v) is 4.51. The van der Waals surface area contributed by atoms with Crippen LogP contribution in [0.4, 0.5) is 4.39 Å². The minimum Gasteiger partial charge on any atom is -0.480 e. The second-order valence-corrected chi connectivity index (χ2v) is 8.68. The number of carbonyl (C=O) groups is 2. The number of hydrogen-bond donors (Lipinski definition) is 2. The minimum atomic E-state index is -0.922. The van der Waals surface area contributed by atoms with E-state index < -0.39 is 17.7 Å². The van der Waals surface area contributed by atoms with Crippen molar-refractivity contribution in [2.75, 3.05) is 32.7 Å². The summed E-state index contributed by atoms with van der Waals surface area (Å²) in [5.41, 5.74) is 1.15. The fraction of sp³-hybridized carbons (Fsp3) is 0.318. The number of carbonyl (C=O) groups excluding carboxylic acids is 1. The maximum atomic E-state index is 14.6. The Balaban J connectivity index is 1.58. The summed E-state index contributed by atoms with van der Waals surface area (Å²) in [4.78, 5) is 42.1. The lowest BCUT2D eigenvalue weighted by atomic mass is 10.0. The molecule has 1 aliphatic rings. The number of fused-ring (bicyclic) bond motifs is 1. The molecule has 0 saturated carbocycles. The van der Waals surface area contributed by atoms with Crippen molar-refractivity contribution in [3.8, 4) is 0 Å². The highest BCUT2D eigenvalue weighted by Gasteiger charge is 2.24. The number of carboxylic acid groups (broad SMARTS) is 1. The van der Waals surface area contributed by atoms with Gasteiger partial charge in [-0.25, -0.2) is 4.39 Å². The van der Waals surface area contributed by atoms with E-state index >= 15 is 0 Å². The van der Waals surface area contributed by atoms with Crippen molar-refractivity contribution < 1.29 is 19.1 Å². The molecule has 2 N–H and O–H groups in total. The van der Waals surface area contributed by atoms with Crippen LogP contribution in [-0.4, -0.2) is 68.9 Å². The highest BCUT2D eigenvalue weighted by molar-refractivity contribution is 6.42. The van der Waals surface area contributed by atoms with Gasteiger partial charge in [0.1, 0.15) is 16.5 Å². The second-order valence-electron chi connectivity index (χ2n) is 7.92. The van der Waals surface area contributed by atoms with E-state index in [4.69, 9.17) is 28.3 Å². The standard InChI is InChI=1S/C22H21Cl2FN4O4/c23-16-10-18-21(32)26-11-14(29(18)20(16)24)8-13-2-3-17(25)15(9-13)22(33)28-5-1-4-27(6-7-28)12-19(30)31/h2-3,9-11H,1,4-8,12H2,(H,26,32)(H,30,31). The van der Waals surface area contributed by atoms with Gasteiger partial charge in [-0.1, -0.05) is 29.3 Å². The van der Waals surface area contributed by atoms with Gasteiger partial charge in [-0.3, -0.25) is 23.7 Å². The molecule has 3 aromatic rings. The number of halogens is 3. The van der Waals surface area contributed by atoms with Crippen molar-refractivity contribution in [3.05, 3.63) is 73.6 Å². The van der Waals surface area contributed by atoms with Crippen molar-refractivity contribution in [3.63, 3.8) is 0 Å². The zero-order valence-electron chi connectivity index (χ0n) is 17.5. The van der Waals surface area contributed by atoms with Crippen molar-refractivity contribution in [2.45, 2.75) is 12.8 Å². The van der Waals surface area contributed by atoms with Gasteiger partial charge < -0.3 is 15.0 Å². The molecule has 3 heterocycles. The smallest absolute Gasteiger partial charge is 0.317 e. The zero-order chi connectivity index (χ0) is 23.7. The third kappa shape index (κ3) is 4.90. The predicted molar refractivity (Wildman–Crippen MR) is 122 cm³/mol. The molecule has 0 spiro atoms. The summed E-state index contributed by atoms with van der Waals surface area (Å²) in [5.74, 6) is -2.00. The molecule has 0 radical (unpaired) electrons. The van der Waals surface area contributed by atoms with E-state index in [0.717, 1.165) is 0 Å². The molecule has 1 amide bonds. The largest absolute Gasteiger partial charge is 0.480 e. The molecule has 4 rings (SSSR count). The zero-order valence-corrected chi connectivity index (χ0v) is 19.0. The lowest BCUT2D eigenvalue weighted by Crippen LogP contribution is -2.37. The normalized spacial score (nSPS) is 15.1. The summed E-state index contributed by atoms with van der Waals surface area (Å²) in [6, 6.07) is 5.77. The summed E-state index contributed by atoms with van der Waals surface area (Å²) in [5, 5.41) is 9.42. The van der Waals surface area contributed by atoms with E-state index in [-0.39, 0.29) is 39.8 Å². The van der Waals surface area contributed by atoms with E-state index in [0.29, 0.717) is 43.9 Å². The summed E-state index contributed by atoms with van der Waals surface area (Å²) < 4.78 is 16.1. The highest BCUT2D eigenvalue weighted by Crippen LogP contribution is 2.27. The molecule has 0 aliphatic carbocycles. The van der Waals surface area contributed by atoms with Gasteiger partial charge in [0.05, 0.1) is 17.1 Å². The molecule has 1 saturated heterocycles. The summed E-state index contributed by atoms with van der Waals surface area (Å²) in [7, 11) is 0. The number of rotatable bonds is 5. The van der Waals surface area contributed by atoms with Crippen LogP contribution in [0.25, 0.3) is 5.52 Å². The van der Waals surface area contributed by atoms with E-state index in [1.807, 2.05) is 0 Å². The number of benzene rings is 1. The van der Waals surface area contributed by atoms with E-state index in [9.17, 15) is 18.8 Å². The molecule has 8 nitrogen and oxygen atoms in total. The van der Waals surface area contributed by atoms with Crippen LogP contribution in [-0.2, 0) is 11.2 Å². The molecule has 174 valence electrons. The van der Waals surface area contributed by atoms with Crippen LogP contribution in [0.2, 0.25) is 10.2 Å². The molecule has 0 bridgehead atoms. The van der Waals surface area contributed by atoms with Gasteiger partial charge in [0, 0.05) is 44.5 Å². The first-order valence-electron chi connectivity index (χ1n) is 10.3. The number of carboxylic acids is 1. The monoisotopic (exact) mass is 494 g/mol. The highest BCUT2D eigenvalue weighted by atomic mass is 35.5. The molecule has 1 aliphatic heterocycles. The van der Waals surface area contributed by atoms with Gasteiger partial charge in [-0.05, 0) is 30.2 Å². The van der Waals surface area contributed by atoms with Gasteiger partial charge in [-0.15, -0.1) is 0 Å². The summed E-state index contributed by atoms with van der Waals surface area (Å²) in [6.45, 7) is 1.60. The third-order valence-corrected chi connectivity index (χ3v) is 6.43. The van der Waals surface area contributed by atoms with Crippen molar-refractivity contribution in [2.24, 2.45) is 0 Å². The first-order chi connectivity index (χ1) is 15.7. The number of nitrogens with zero attached hydrogens (tertiary/aromatic N) is 3. The Morgan fingerprint density at radius 3 is 2.67 bits per heavy atom. The molecule has 1 aromatic carbocycles. The molecule has 0 atom stereocenters. The van der Waals surface area contributed by atoms with Crippen LogP contribution in [0.5, 0.6) is 0 Å². The van der Waals surface area contributed by atoms with Crippen LogP contribution in [0.15, 0.2) is 35.3 Å². The maximum absolute atomic E-state index is 14.6. The van der Waals surface area contributed by atoms with Gasteiger partial charge in [0.15, 0.2) is 0 Å². The second kappa shape index (κ2) is 9.54. The first kappa shape index (κ1) is 23.3. The van der Waals surface area contributed by atoms with Gasteiger partial charge in [0.25, 0.3) is 11.5 Å². The fourth-order valence-electron chi connectivity index (χ4n) is 4.07. The van der Waals surface area contributed by atoms with Crippen LogP contribution in [0.3, 0.4) is 0 Å². The average molecular weight is 495 g/mol. The maximum Gasteiger partial charge on any atom is 0.317 e. The van der Waals surface area contributed by atoms with Crippen molar-refractivity contribution in [1.82, 2.24) is 19.2 Å². The Labute approximate surface area is 198 Å². The minimum absolute atomic E-state index is 0.0588. The average Bonchev–Trinajstić information content (AvgIpc) is 2.93. The van der Waals surface area contributed by atoms with E-state index in [1.165, 1.54) is 28.8 Å². The first-order valence-corrected chi connectivity index (χ1v) is 11.1. The third-order valence-electron chi connectivity index (χ3n) is 5.67. The van der Waals surface area contributed by atoms with Crippen molar-refractivity contribution in [1.29, 1.82) is 0 Å². The molecule has 0 unspecified atom stereocenters. The Bertz CT molecular complexity index is 1290. The van der Waals surface area contributed by atoms with E-state index in [2.05, 4.69) is 4.98 Å². The molecule has 33 heavy (non-hydrogen) atoms. The summed E-state index contributed by atoms with van der Waals surface area (Å²) >= 11 is 12.4. The molecule has 11 heteroatoms. The summed E-state index contributed by atoms with van der Waals surface area (Å²) in [6.07, 6.45) is 2.38. The number of aliphatic carboxylic acids is 1. The molecular formula is C22H21Cl2FN4O4. The van der Waals surface area contributed by atoms with Crippen LogP contribution < -0.4 is 5.56 Å². The predicted octanol–water partition coefficient (Wildman–Crippen LogP) is 2.90. The number of aromatic nitrogens is 2. The quantitative estimate of drug-likeness (QED) is 0.568. The van der Waals surface area contributed by atoms with Gasteiger partial charge in [-0.2, -0.15) is 0 Å². The van der Waals surface area contributed by atoms with Crippen molar-refractivity contribution >= 4 is 40.6 Å². The Morgan fingerprint density at radius 1 is 1.12 bits per heavy atom. The Morgan fingerprint density at radius 2 is 1.91 bits per heavy atom. The lowest BCUT2D eigenvalue weighted by molar-refractivity contribution is -0.138. The number of amides is 1. The number of H-pyrrole nitrogens is 1. The number of hydrogen-bond acceptors (Lipinski definition) is 4. The van der Waals surface area contributed by atoms with Crippen LogP contribution in [0, 0.1) is 5.82 Å². The molecule has 1 fully saturated rings. The van der Waals surface area contributed by atoms with Crippen LogP contribution in [0.1, 0.15) is 28.0 Å². The Hall–Kier alpha value is -2.88. The number of aromatic amines is 1. The van der Waals surface area contributed by atoms with E-state index in [1.54, 1.807) is 15.9 Å².